The number of benzene rings is 2. The fraction of sp³-hybridized carbons (Fsp3) is 0.435. The summed E-state index contributed by atoms with van der Waals surface area (Å²) in [6.45, 7) is 1.45. The zero-order valence-electron chi connectivity index (χ0n) is 17.4. The Morgan fingerprint density at radius 3 is 2.33 bits per heavy atom. The predicted octanol–water partition coefficient (Wildman–Crippen LogP) is 7.63. The average molecular weight is 538 g/mol. The van der Waals surface area contributed by atoms with Crippen LogP contribution in [0.1, 0.15) is 53.9 Å². The van der Waals surface area contributed by atoms with E-state index in [0.29, 0.717) is 22.2 Å². The number of unbranched alkanes of at least 4 members (excludes halogenated alkanes) is 3. The summed E-state index contributed by atoms with van der Waals surface area (Å²) in [5.74, 6) is -0.258. The molecule has 3 nitrogen and oxygen atoms in total. The average Bonchev–Trinajstić information content (AvgIpc) is 2.67. The number of esters is 1. The number of hydrogen-bond donors (Lipinski definition) is 0. The van der Waals surface area contributed by atoms with Gasteiger partial charge in [-0.25, -0.2) is 4.79 Å². The molecule has 0 fully saturated rings. The third kappa shape index (κ3) is 9.57. The van der Waals surface area contributed by atoms with Gasteiger partial charge >= 0.3 is 5.97 Å². The van der Waals surface area contributed by atoms with E-state index in [0.717, 1.165) is 23.9 Å². The second-order valence-electron chi connectivity index (χ2n) is 7.48. The third-order valence-electron chi connectivity index (χ3n) is 4.82. The van der Waals surface area contributed by atoms with Crippen molar-refractivity contribution in [1.82, 2.24) is 4.90 Å². The molecule has 0 aliphatic heterocycles. The molecular formula is C23H29BrCl3NO2. The summed E-state index contributed by atoms with van der Waals surface area (Å²) in [4.78, 5) is 14.7. The Balaban J connectivity index is 0.00000450. The summed E-state index contributed by atoms with van der Waals surface area (Å²) in [5, 5.41) is 0.803. The number of nitrogens with zero attached hydrogens (tertiary/aromatic N) is 1. The van der Waals surface area contributed by atoms with E-state index in [2.05, 4.69) is 47.1 Å². The smallest absolute Gasteiger partial charge is 0.339 e. The maximum Gasteiger partial charge on any atom is 0.339 e. The lowest BCUT2D eigenvalue weighted by Gasteiger charge is -2.18. The van der Waals surface area contributed by atoms with E-state index >= 15 is 0 Å². The number of hydrogen-bond acceptors (Lipinski definition) is 3. The molecule has 0 aliphatic carbocycles. The maximum atomic E-state index is 12.5. The van der Waals surface area contributed by atoms with Crippen LogP contribution in [-0.2, 0) is 4.74 Å². The van der Waals surface area contributed by atoms with Crippen LogP contribution in [-0.4, -0.2) is 38.1 Å². The van der Waals surface area contributed by atoms with Gasteiger partial charge in [-0.3, -0.25) is 0 Å². The van der Waals surface area contributed by atoms with E-state index in [1.807, 2.05) is 12.1 Å². The van der Waals surface area contributed by atoms with Crippen LogP contribution in [0, 0.1) is 0 Å². The van der Waals surface area contributed by atoms with E-state index in [1.165, 1.54) is 24.8 Å². The summed E-state index contributed by atoms with van der Waals surface area (Å²) in [6, 6.07) is 13.0. The highest BCUT2D eigenvalue weighted by Crippen LogP contribution is 2.27. The van der Waals surface area contributed by atoms with Crippen LogP contribution >= 0.6 is 51.5 Å². The van der Waals surface area contributed by atoms with Crippen LogP contribution in [0.2, 0.25) is 10.0 Å². The van der Waals surface area contributed by atoms with Gasteiger partial charge in [-0.15, -0.1) is 12.4 Å². The minimum Gasteiger partial charge on any atom is -0.461 e. The lowest BCUT2D eigenvalue weighted by Crippen LogP contribution is -2.14. The zero-order valence-corrected chi connectivity index (χ0v) is 21.3. The summed E-state index contributed by atoms with van der Waals surface area (Å²) in [7, 11) is 4.20. The van der Waals surface area contributed by atoms with Crippen molar-refractivity contribution in [1.29, 1.82) is 0 Å². The quantitative estimate of drug-likeness (QED) is 0.218. The Bertz CT molecular complexity index is 785. The molecule has 0 N–H and O–H groups in total. The van der Waals surface area contributed by atoms with E-state index in [9.17, 15) is 4.79 Å². The van der Waals surface area contributed by atoms with Gasteiger partial charge in [-0.2, -0.15) is 0 Å². The Hall–Kier alpha value is -0.780. The van der Waals surface area contributed by atoms with Gasteiger partial charge in [0.2, 0.25) is 0 Å². The molecule has 0 bridgehead atoms. The number of carbonyl (C=O) groups excluding carboxylic acids is 1. The number of rotatable bonds is 11. The molecule has 2 aromatic rings. The molecule has 0 heterocycles. The predicted molar refractivity (Wildman–Crippen MR) is 133 cm³/mol. The van der Waals surface area contributed by atoms with Crippen molar-refractivity contribution in [2.45, 2.75) is 38.0 Å². The summed E-state index contributed by atoms with van der Waals surface area (Å²) in [6.07, 6.45) is 5.68. The van der Waals surface area contributed by atoms with Gasteiger partial charge in [0.15, 0.2) is 0 Å². The van der Waals surface area contributed by atoms with Crippen LogP contribution in [0.4, 0.5) is 0 Å². The van der Waals surface area contributed by atoms with Gasteiger partial charge in [-0.1, -0.05) is 70.5 Å². The molecule has 2 aromatic carbocycles. The second kappa shape index (κ2) is 14.3. The molecule has 0 amide bonds. The van der Waals surface area contributed by atoms with Crippen LogP contribution in [0.15, 0.2) is 46.9 Å². The fourth-order valence-corrected chi connectivity index (χ4v) is 3.91. The molecule has 2 rings (SSSR count). The summed E-state index contributed by atoms with van der Waals surface area (Å²) < 4.78 is 6.66. The normalized spacial score (nSPS) is 11.8. The first-order chi connectivity index (χ1) is 13.9. The molecular weight excluding hydrogens is 509 g/mol. The fourth-order valence-electron chi connectivity index (χ4n) is 3.16. The monoisotopic (exact) mass is 535 g/mol. The molecule has 0 radical (unpaired) electrons. The highest BCUT2D eigenvalue weighted by Gasteiger charge is 2.17. The molecule has 0 spiro atoms. The van der Waals surface area contributed by atoms with E-state index in [-0.39, 0.29) is 18.3 Å². The third-order valence-corrected chi connectivity index (χ3v) is 5.89. The topological polar surface area (TPSA) is 29.5 Å². The van der Waals surface area contributed by atoms with Crippen LogP contribution in [0.5, 0.6) is 0 Å². The molecule has 0 aromatic heterocycles. The zero-order chi connectivity index (χ0) is 21.2. The van der Waals surface area contributed by atoms with Gasteiger partial charge in [0.25, 0.3) is 0 Å². The number of halogens is 4. The van der Waals surface area contributed by atoms with Gasteiger partial charge in [-0.05, 0) is 69.4 Å². The SMILES string of the molecule is CN(C)CCCCCCC(COC(=O)c1ccc(Cl)cc1Cl)c1ccc(Br)cc1.Cl. The Morgan fingerprint density at radius 1 is 1.03 bits per heavy atom. The maximum absolute atomic E-state index is 12.5. The molecule has 166 valence electrons. The second-order valence-corrected chi connectivity index (χ2v) is 9.24. The van der Waals surface area contributed by atoms with E-state index in [1.54, 1.807) is 18.2 Å². The molecule has 30 heavy (non-hydrogen) atoms. The van der Waals surface area contributed by atoms with Crippen molar-refractivity contribution in [2.24, 2.45) is 0 Å². The number of carbonyl (C=O) groups is 1. The molecule has 0 aliphatic rings. The first-order valence-electron chi connectivity index (χ1n) is 9.89. The van der Waals surface area contributed by atoms with Gasteiger partial charge in [0.05, 0.1) is 17.2 Å². The molecule has 0 saturated heterocycles. The van der Waals surface area contributed by atoms with Crippen molar-refractivity contribution in [3.05, 3.63) is 68.1 Å². The first kappa shape index (κ1) is 27.3. The molecule has 0 saturated carbocycles. The van der Waals surface area contributed by atoms with Crippen LogP contribution in [0.25, 0.3) is 0 Å². The molecule has 1 atom stereocenters. The van der Waals surface area contributed by atoms with Crippen molar-refractivity contribution in [3.8, 4) is 0 Å². The lowest BCUT2D eigenvalue weighted by atomic mass is 9.93. The van der Waals surface area contributed by atoms with Crippen molar-refractivity contribution < 1.29 is 9.53 Å². The van der Waals surface area contributed by atoms with Crippen molar-refractivity contribution >= 4 is 57.5 Å². The summed E-state index contributed by atoms with van der Waals surface area (Å²) >= 11 is 15.5. The van der Waals surface area contributed by atoms with Gasteiger partial charge in [0, 0.05) is 15.4 Å². The summed E-state index contributed by atoms with van der Waals surface area (Å²) in [5.41, 5.74) is 1.52. The Morgan fingerprint density at radius 2 is 1.70 bits per heavy atom. The Kier molecular flexibility index (Phi) is 13.0. The largest absolute Gasteiger partial charge is 0.461 e. The van der Waals surface area contributed by atoms with Crippen LogP contribution in [0.3, 0.4) is 0 Å². The molecule has 1 unspecified atom stereocenters. The highest BCUT2D eigenvalue weighted by molar-refractivity contribution is 9.10. The molecule has 7 heteroatoms. The standard InChI is InChI=1S/C23H28BrCl2NO2.ClH/c1-27(2)14-6-4-3-5-7-18(17-8-10-19(24)11-9-17)16-29-23(28)21-13-12-20(25)15-22(21)26;/h8-13,15,18H,3-7,14,16H2,1-2H3;1H. The minimum atomic E-state index is -0.417. The van der Waals surface area contributed by atoms with E-state index in [4.69, 9.17) is 27.9 Å². The number of ether oxygens (including phenoxy) is 1. The lowest BCUT2D eigenvalue weighted by molar-refractivity contribution is 0.0474. The van der Waals surface area contributed by atoms with Gasteiger partial charge < -0.3 is 9.64 Å². The minimum absolute atomic E-state index is 0. The first-order valence-corrected chi connectivity index (χ1v) is 11.4. The highest BCUT2D eigenvalue weighted by atomic mass is 79.9. The van der Waals surface area contributed by atoms with Crippen molar-refractivity contribution in [2.75, 3.05) is 27.2 Å². The van der Waals surface area contributed by atoms with Gasteiger partial charge in [0.1, 0.15) is 0 Å². The van der Waals surface area contributed by atoms with Crippen LogP contribution < -0.4 is 0 Å². The Labute approximate surface area is 204 Å². The van der Waals surface area contributed by atoms with Crippen molar-refractivity contribution in [3.63, 3.8) is 0 Å². The van der Waals surface area contributed by atoms with E-state index < -0.39 is 5.97 Å².